The van der Waals surface area contributed by atoms with Crippen molar-refractivity contribution in [1.82, 2.24) is 14.8 Å². The van der Waals surface area contributed by atoms with Crippen LogP contribution in [0.2, 0.25) is 0 Å². The number of amides is 1. The van der Waals surface area contributed by atoms with Gasteiger partial charge in [0.15, 0.2) is 11.5 Å². The SMILES string of the molecule is CCN1CCN(Cc2ccccc2OC)CCOc2ccccc2Oc2ncccc2C1=O. The molecule has 172 valence electrons. The van der Waals surface area contributed by atoms with Gasteiger partial charge in [-0.2, -0.15) is 0 Å². The third kappa shape index (κ3) is 5.43. The fourth-order valence-electron chi connectivity index (χ4n) is 3.86. The molecular formula is C26H29N3O4. The maximum absolute atomic E-state index is 13.4. The van der Waals surface area contributed by atoms with Crippen LogP contribution in [0.15, 0.2) is 66.9 Å². The number of carbonyl (C=O) groups is 1. The van der Waals surface area contributed by atoms with Crippen LogP contribution >= 0.6 is 0 Å². The van der Waals surface area contributed by atoms with Crippen LogP contribution in [0.4, 0.5) is 0 Å². The highest BCUT2D eigenvalue weighted by Crippen LogP contribution is 2.32. The van der Waals surface area contributed by atoms with E-state index in [1.165, 1.54) is 0 Å². The summed E-state index contributed by atoms with van der Waals surface area (Å²) in [5.41, 5.74) is 1.53. The maximum atomic E-state index is 13.4. The Balaban J connectivity index is 1.65. The van der Waals surface area contributed by atoms with Gasteiger partial charge in [-0.05, 0) is 37.3 Å². The Bertz CT molecular complexity index is 1090. The van der Waals surface area contributed by atoms with Gasteiger partial charge in [0.1, 0.15) is 17.9 Å². The van der Waals surface area contributed by atoms with E-state index in [2.05, 4.69) is 16.0 Å². The van der Waals surface area contributed by atoms with Gasteiger partial charge in [0, 0.05) is 44.5 Å². The summed E-state index contributed by atoms with van der Waals surface area (Å²) in [4.78, 5) is 21.8. The molecule has 1 aliphatic heterocycles. The Labute approximate surface area is 194 Å². The summed E-state index contributed by atoms with van der Waals surface area (Å²) in [6, 6.07) is 19.0. The van der Waals surface area contributed by atoms with Gasteiger partial charge in [-0.25, -0.2) is 4.98 Å². The standard InChI is InChI=1S/C26H29N3O4/c1-3-29-16-15-28(19-20-9-4-5-11-22(20)31-2)17-18-32-23-12-6-7-13-24(23)33-25-21(26(29)30)10-8-14-27-25/h4-14H,3,15-19H2,1-2H3. The van der Waals surface area contributed by atoms with Crippen molar-refractivity contribution in [2.45, 2.75) is 13.5 Å². The Morgan fingerprint density at radius 1 is 0.970 bits per heavy atom. The number of likely N-dealkylation sites (N-methyl/N-ethyl adjacent to an activating group) is 1. The van der Waals surface area contributed by atoms with E-state index in [-0.39, 0.29) is 11.8 Å². The van der Waals surface area contributed by atoms with E-state index in [0.29, 0.717) is 56.4 Å². The number of ether oxygens (including phenoxy) is 3. The molecule has 0 aliphatic carbocycles. The van der Waals surface area contributed by atoms with Crippen LogP contribution in [0, 0.1) is 0 Å². The van der Waals surface area contributed by atoms with Gasteiger partial charge in [0.2, 0.25) is 5.88 Å². The maximum Gasteiger partial charge on any atom is 0.259 e. The molecule has 0 fully saturated rings. The predicted octanol–water partition coefficient (Wildman–Crippen LogP) is 4.24. The van der Waals surface area contributed by atoms with Crippen molar-refractivity contribution in [3.8, 4) is 23.1 Å². The molecule has 0 atom stereocenters. The van der Waals surface area contributed by atoms with Crippen LogP contribution in [0.25, 0.3) is 0 Å². The minimum absolute atomic E-state index is 0.101. The van der Waals surface area contributed by atoms with Crippen molar-refractivity contribution >= 4 is 5.91 Å². The zero-order valence-electron chi connectivity index (χ0n) is 19.1. The molecule has 1 aromatic heterocycles. The Morgan fingerprint density at radius 3 is 2.58 bits per heavy atom. The molecule has 0 N–H and O–H groups in total. The van der Waals surface area contributed by atoms with Gasteiger partial charge >= 0.3 is 0 Å². The van der Waals surface area contributed by atoms with Gasteiger partial charge in [-0.3, -0.25) is 9.69 Å². The fourth-order valence-corrected chi connectivity index (χ4v) is 3.86. The molecule has 7 nitrogen and oxygen atoms in total. The molecule has 3 aromatic rings. The number of rotatable bonds is 4. The largest absolute Gasteiger partial charge is 0.496 e. The van der Waals surface area contributed by atoms with Crippen molar-refractivity contribution in [2.24, 2.45) is 0 Å². The quantitative estimate of drug-likeness (QED) is 0.596. The van der Waals surface area contributed by atoms with E-state index in [1.807, 2.05) is 54.3 Å². The Morgan fingerprint density at radius 2 is 1.76 bits per heavy atom. The first-order chi connectivity index (χ1) is 16.2. The molecule has 0 saturated carbocycles. The Kier molecular flexibility index (Phi) is 7.42. The Hall–Kier alpha value is -3.58. The van der Waals surface area contributed by atoms with Crippen molar-refractivity contribution in [1.29, 1.82) is 0 Å². The zero-order chi connectivity index (χ0) is 23.0. The number of hydrogen-bond donors (Lipinski definition) is 0. The molecule has 7 heteroatoms. The van der Waals surface area contributed by atoms with E-state index in [0.717, 1.165) is 11.3 Å². The average molecular weight is 448 g/mol. The second-order valence-electron chi connectivity index (χ2n) is 7.73. The minimum Gasteiger partial charge on any atom is -0.496 e. The molecule has 2 aromatic carbocycles. The smallest absolute Gasteiger partial charge is 0.259 e. The van der Waals surface area contributed by atoms with Crippen molar-refractivity contribution in [3.63, 3.8) is 0 Å². The van der Waals surface area contributed by atoms with Crippen molar-refractivity contribution < 1.29 is 19.0 Å². The summed E-state index contributed by atoms with van der Waals surface area (Å²) in [5, 5.41) is 0. The highest BCUT2D eigenvalue weighted by atomic mass is 16.5. The van der Waals surface area contributed by atoms with Crippen LogP contribution < -0.4 is 14.2 Å². The van der Waals surface area contributed by atoms with Crippen LogP contribution in [0.5, 0.6) is 23.1 Å². The number of hydrogen-bond acceptors (Lipinski definition) is 6. The normalized spacial score (nSPS) is 15.1. The minimum atomic E-state index is -0.101. The first-order valence-electron chi connectivity index (χ1n) is 11.2. The number of nitrogens with zero attached hydrogens (tertiary/aromatic N) is 3. The monoisotopic (exact) mass is 447 g/mol. The van der Waals surface area contributed by atoms with Gasteiger partial charge in [0.05, 0.1) is 7.11 Å². The number of methoxy groups -OCH3 is 1. The second-order valence-corrected chi connectivity index (χ2v) is 7.73. The molecule has 0 bridgehead atoms. The van der Waals surface area contributed by atoms with Gasteiger partial charge in [-0.15, -0.1) is 0 Å². The molecule has 0 unspecified atom stereocenters. The summed E-state index contributed by atoms with van der Waals surface area (Å²) in [6.45, 7) is 5.69. The van der Waals surface area contributed by atoms with Crippen LogP contribution in [-0.2, 0) is 6.54 Å². The van der Waals surface area contributed by atoms with Crippen LogP contribution in [-0.4, -0.2) is 60.6 Å². The number of benzene rings is 2. The summed E-state index contributed by atoms with van der Waals surface area (Å²) in [7, 11) is 1.68. The first kappa shape index (κ1) is 22.6. The number of pyridine rings is 1. The molecule has 0 radical (unpaired) electrons. The van der Waals surface area contributed by atoms with Gasteiger partial charge in [0.25, 0.3) is 5.91 Å². The third-order valence-corrected chi connectivity index (χ3v) is 5.66. The number of para-hydroxylation sites is 3. The lowest BCUT2D eigenvalue weighted by Crippen LogP contribution is -2.39. The molecule has 1 amide bonds. The summed E-state index contributed by atoms with van der Waals surface area (Å²) in [6.07, 6.45) is 1.62. The third-order valence-electron chi connectivity index (χ3n) is 5.66. The molecule has 2 heterocycles. The second kappa shape index (κ2) is 10.8. The van der Waals surface area contributed by atoms with Crippen molar-refractivity contribution in [3.05, 3.63) is 78.0 Å². The van der Waals surface area contributed by atoms with Gasteiger partial charge < -0.3 is 19.1 Å². The zero-order valence-corrected chi connectivity index (χ0v) is 19.1. The molecule has 1 aliphatic rings. The molecular weight excluding hydrogens is 418 g/mol. The molecule has 33 heavy (non-hydrogen) atoms. The van der Waals surface area contributed by atoms with E-state index >= 15 is 0 Å². The van der Waals surface area contributed by atoms with E-state index in [1.54, 1.807) is 25.4 Å². The summed E-state index contributed by atoms with van der Waals surface area (Å²) in [5.74, 6) is 2.18. The van der Waals surface area contributed by atoms with Crippen LogP contribution in [0.1, 0.15) is 22.8 Å². The van der Waals surface area contributed by atoms with Crippen LogP contribution in [0.3, 0.4) is 0 Å². The number of fused-ring (bicyclic) bond motifs is 2. The topological polar surface area (TPSA) is 64.1 Å². The van der Waals surface area contributed by atoms with E-state index < -0.39 is 0 Å². The lowest BCUT2D eigenvalue weighted by atomic mass is 10.2. The summed E-state index contributed by atoms with van der Waals surface area (Å²) >= 11 is 0. The molecule has 0 spiro atoms. The lowest BCUT2D eigenvalue weighted by Gasteiger charge is -2.27. The molecule has 0 saturated heterocycles. The highest BCUT2D eigenvalue weighted by molar-refractivity contribution is 5.96. The average Bonchev–Trinajstić information content (AvgIpc) is 2.86. The molecule has 4 rings (SSSR count). The number of aromatic nitrogens is 1. The number of carbonyl (C=O) groups excluding carboxylic acids is 1. The van der Waals surface area contributed by atoms with Gasteiger partial charge in [-0.1, -0.05) is 30.3 Å². The fraction of sp³-hybridized carbons (Fsp3) is 0.308. The van der Waals surface area contributed by atoms with Crippen molar-refractivity contribution in [2.75, 3.05) is 39.9 Å². The van der Waals surface area contributed by atoms with E-state index in [4.69, 9.17) is 14.2 Å². The van der Waals surface area contributed by atoms with E-state index in [9.17, 15) is 4.79 Å². The summed E-state index contributed by atoms with van der Waals surface area (Å²) < 4.78 is 17.7. The first-order valence-corrected chi connectivity index (χ1v) is 11.2. The lowest BCUT2D eigenvalue weighted by molar-refractivity contribution is 0.0736. The highest BCUT2D eigenvalue weighted by Gasteiger charge is 2.22. The predicted molar refractivity (Wildman–Crippen MR) is 126 cm³/mol.